The largest absolute Gasteiger partial charge is 0.493 e. The molecule has 0 aliphatic heterocycles. The van der Waals surface area contributed by atoms with Crippen LogP contribution in [0.4, 0.5) is 0 Å². The number of benzene rings is 2. The number of nitrogens with zero attached hydrogens (tertiary/aromatic N) is 1. The van der Waals surface area contributed by atoms with Gasteiger partial charge in [0.15, 0.2) is 11.4 Å². The first-order valence-corrected chi connectivity index (χ1v) is 11.2. The van der Waals surface area contributed by atoms with Gasteiger partial charge in [0.1, 0.15) is 12.1 Å². The fourth-order valence-corrected chi connectivity index (χ4v) is 4.29. The number of aromatic nitrogens is 1. The van der Waals surface area contributed by atoms with E-state index in [9.17, 15) is 14.4 Å². The van der Waals surface area contributed by atoms with Crippen molar-refractivity contribution in [2.24, 2.45) is 0 Å². The molecule has 4 rings (SSSR count). The third kappa shape index (κ3) is 5.16. The van der Waals surface area contributed by atoms with Crippen molar-refractivity contribution in [1.29, 1.82) is 0 Å². The number of carbonyl (C=O) groups excluding carboxylic acids is 3. The predicted octanol–water partition coefficient (Wildman–Crippen LogP) is 3.43. The van der Waals surface area contributed by atoms with E-state index in [0.29, 0.717) is 6.42 Å². The fraction of sp³-hybridized carbons (Fsp3) is 0.259. The van der Waals surface area contributed by atoms with Crippen LogP contribution < -0.4 is 14.8 Å². The second-order valence-electron chi connectivity index (χ2n) is 8.25. The summed E-state index contributed by atoms with van der Waals surface area (Å²) < 4.78 is 16.2. The van der Waals surface area contributed by atoms with Crippen LogP contribution >= 0.6 is 0 Å². The number of rotatable bonds is 7. The van der Waals surface area contributed by atoms with E-state index in [4.69, 9.17) is 14.2 Å². The number of carbonyl (C=O) groups is 3. The van der Waals surface area contributed by atoms with Crippen LogP contribution in [0.1, 0.15) is 46.9 Å². The molecule has 8 heteroatoms. The molecule has 0 saturated carbocycles. The highest BCUT2D eigenvalue weighted by Gasteiger charge is 2.37. The Morgan fingerprint density at radius 1 is 1.03 bits per heavy atom. The van der Waals surface area contributed by atoms with Crippen LogP contribution in [-0.2, 0) is 20.7 Å². The summed E-state index contributed by atoms with van der Waals surface area (Å²) in [4.78, 5) is 41.4. The van der Waals surface area contributed by atoms with Crippen molar-refractivity contribution in [3.63, 3.8) is 0 Å². The lowest BCUT2D eigenvalue weighted by Gasteiger charge is -2.23. The van der Waals surface area contributed by atoms with Crippen LogP contribution in [0.25, 0.3) is 0 Å². The average Bonchev–Trinajstić information content (AvgIpc) is 3.21. The number of pyridine rings is 1. The Balaban J connectivity index is 1.50. The molecule has 3 atom stereocenters. The molecule has 1 aromatic heterocycles. The minimum atomic E-state index is -0.971. The molecule has 2 unspecified atom stereocenters. The highest BCUT2D eigenvalue weighted by atomic mass is 16.6. The maximum atomic E-state index is 13.0. The topological polar surface area (TPSA) is 104 Å². The van der Waals surface area contributed by atoms with Crippen molar-refractivity contribution in [3.8, 4) is 11.5 Å². The van der Waals surface area contributed by atoms with E-state index in [1.165, 1.54) is 33.2 Å². The molecule has 0 spiro atoms. The van der Waals surface area contributed by atoms with Gasteiger partial charge in [0.25, 0.3) is 5.91 Å². The lowest BCUT2D eigenvalue weighted by molar-refractivity contribution is -0.151. The molecule has 1 amide bonds. The second kappa shape index (κ2) is 10.4. The van der Waals surface area contributed by atoms with Gasteiger partial charge in [-0.3, -0.25) is 9.59 Å². The SMILES string of the molecule is COc1ccnc(C(=O)N[C@@H](C)C(=O)OC2Cc3ccccc3C2c2ccccc2)c1OC(C)=O. The summed E-state index contributed by atoms with van der Waals surface area (Å²) in [5.74, 6) is -1.95. The summed E-state index contributed by atoms with van der Waals surface area (Å²) in [6.07, 6.45) is 1.52. The van der Waals surface area contributed by atoms with E-state index in [-0.39, 0.29) is 23.1 Å². The van der Waals surface area contributed by atoms with Crippen molar-refractivity contribution in [1.82, 2.24) is 10.3 Å². The van der Waals surface area contributed by atoms with Gasteiger partial charge in [-0.2, -0.15) is 0 Å². The van der Waals surface area contributed by atoms with E-state index < -0.39 is 30.0 Å². The van der Waals surface area contributed by atoms with Gasteiger partial charge < -0.3 is 19.5 Å². The van der Waals surface area contributed by atoms with Crippen LogP contribution in [0.3, 0.4) is 0 Å². The van der Waals surface area contributed by atoms with Gasteiger partial charge in [-0.15, -0.1) is 0 Å². The monoisotopic (exact) mass is 474 g/mol. The molecule has 8 nitrogen and oxygen atoms in total. The second-order valence-corrected chi connectivity index (χ2v) is 8.25. The molecule has 2 aromatic carbocycles. The highest BCUT2D eigenvalue weighted by molar-refractivity contribution is 5.98. The van der Waals surface area contributed by atoms with E-state index in [2.05, 4.69) is 16.4 Å². The standard InChI is InChI=1S/C27H26N2O6/c1-16(29-26(31)24-25(34-17(2)30)21(33-3)13-14-28-24)27(32)35-22-15-19-11-7-8-12-20(19)23(22)18-9-5-4-6-10-18/h4-14,16,22-23H,15H2,1-3H3,(H,29,31)/t16-,22?,23?/m0/s1. The number of methoxy groups -OCH3 is 1. The first-order chi connectivity index (χ1) is 16.9. The third-order valence-electron chi connectivity index (χ3n) is 5.86. The molecular weight excluding hydrogens is 448 g/mol. The zero-order valence-corrected chi connectivity index (χ0v) is 19.7. The molecule has 1 aliphatic rings. The summed E-state index contributed by atoms with van der Waals surface area (Å²) in [6.45, 7) is 2.74. The maximum Gasteiger partial charge on any atom is 0.328 e. The fourth-order valence-electron chi connectivity index (χ4n) is 4.29. The lowest BCUT2D eigenvalue weighted by Crippen LogP contribution is -2.42. The minimum absolute atomic E-state index is 0.102. The Labute approximate surface area is 203 Å². The van der Waals surface area contributed by atoms with E-state index >= 15 is 0 Å². The average molecular weight is 475 g/mol. The number of hydrogen-bond donors (Lipinski definition) is 1. The Morgan fingerprint density at radius 2 is 1.74 bits per heavy atom. The molecule has 180 valence electrons. The van der Waals surface area contributed by atoms with Crippen molar-refractivity contribution >= 4 is 17.8 Å². The van der Waals surface area contributed by atoms with Crippen molar-refractivity contribution in [3.05, 3.63) is 89.2 Å². The maximum absolute atomic E-state index is 13.0. The Morgan fingerprint density at radius 3 is 2.46 bits per heavy atom. The molecule has 1 heterocycles. The lowest BCUT2D eigenvalue weighted by atomic mass is 9.91. The summed E-state index contributed by atoms with van der Waals surface area (Å²) in [7, 11) is 1.38. The molecule has 3 aromatic rings. The van der Waals surface area contributed by atoms with Gasteiger partial charge in [0.2, 0.25) is 5.75 Å². The van der Waals surface area contributed by atoms with Gasteiger partial charge in [0.05, 0.1) is 7.11 Å². The number of nitrogens with one attached hydrogen (secondary N) is 1. The quantitative estimate of drug-likeness (QED) is 0.523. The van der Waals surface area contributed by atoms with E-state index in [1.54, 1.807) is 0 Å². The summed E-state index contributed by atoms with van der Waals surface area (Å²) in [5.41, 5.74) is 3.13. The van der Waals surface area contributed by atoms with Gasteiger partial charge in [0, 0.05) is 31.5 Å². The predicted molar refractivity (Wildman–Crippen MR) is 127 cm³/mol. The molecule has 1 N–H and O–H groups in total. The molecule has 0 radical (unpaired) electrons. The highest BCUT2D eigenvalue weighted by Crippen LogP contribution is 2.40. The van der Waals surface area contributed by atoms with Crippen LogP contribution in [0, 0.1) is 0 Å². The van der Waals surface area contributed by atoms with Crippen LogP contribution in [0.15, 0.2) is 66.9 Å². The minimum Gasteiger partial charge on any atom is -0.493 e. The van der Waals surface area contributed by atoms with Gasteiger partial charge in [-0.05, 0) is 23.6 Å². The molecule has 0 fully saturated rings. The van der Waals surface area contributed by atoms with Crippen molar-refractivity contribution in [2.75, 3.05) is 7.11 Å². The smallest absolute Gasteiger partial charge is 0.328 e. The van der Waals surface area contributed by atoms with Gasteiger partial charge in [-0.1, -0.05) is 54.6 Å². The van der Waals surface area contributed by atoms with Gasteiger partial charge in [-0.25, -0.2) is 9.78 Å². The number of ether oxygens (including phenoxy) is 3. The first kappa shape index (κ1) is 23.9. The molecular formula is C27H26N2O6. The van der Waals surface area contributed by atoms with Crippen molar-refractivity contribution < 1.29 is 28.6 Å². The van der Waals surface area contributed by atoms with E-state index in [1.807, 2.05) is 48.5 Å². The summed E-state index contributed by atoms with van der Waals surface area (Å²) in [5, 5.41) is 2.59. The third-order valence-corrected chi connectivity index (χ3v) is 5.86. The molecule has 0 saturated heterocycles. The molecule has 1 aliphatic carbocycles. The van der Waals surface area contributed by atoms with Crippen LogP contribution in [0.2, 0.25) is 0 Å². The first-order valence-electron chi connectivity index (χ1n) is 11.2. The number of amides is 1. The van der Waals surface area contributed by atoms with E-state index in [0.717, 1.165) is 16.7 Å². The Bertz CT molecular complexity index is 1240. The molecule has 0 bridgehead atoms. The summed E-state index contributed by atoms with van der Waals surface area (Å²) >= 11 is 0. The molecule has 35 heavy (non-hydrogen) atoms. The van der Waals surface area contributed by atoms with Crippen LogP contribution in [0.5, 0.6) is 11.5 Å². The van der Waals surface area contributed by atoms with Crippen LogP contribution in [-0.4, -0.2) is 42.1 Å². The zero-order valence-electron chi connectivity index (χ0n) is 19.7. The zero-order chi connectivity index (χ0) is 24.9. The Hall–Kier alpha value is -4.20. The van der Waals surface area contributed by atoms with Crippen molar-refractivity contribution in [2.45, 2.75) is 38.3 Å². The normalized spacial score (nSPS) is 17.1. The summed E-state index contributed by atoms with van der Waals surface area (Å²) in [6, 6.07) is 18.4. The number of hydrogen-bond acceptors (Lipinski definition) is 7. The van der Waals surface area contributed by atoms with Gasteiger partial charge >= 0.3 is 11.9 Å². The number of fused-ring (bicyclic) bond motifs is 1. The Kier molecular flexibility index (Phi) is 7.10. The number of esters is 2.